The molecule has 3 aromatic rings. The average Bonchev–Trinajstić information content (AvgIpc) is 2.87. The molecule has 0 unspecified atom stereocenters. The van der Waals surface area contributed by atoms with Gasteiger partial charge in [-0.2, -0.15) is 0 Å². The number of nitrogens with zero attached hydrogens (tertiary/aromatic N) is 1. The number of hydrogen-bond acceptors (Lipinski definition) is 3. The van der Waals surface area contributed by atoms with Crippen molar-refractivity contribution in [3.63, 3.8) is 0 Å². The number of thioether (sulfide) groups is 1. The van der Waals surface area contributed by atoms with Crippen LogP contribution in [0, 0.1) is 6.92 Å². The predicted octanol–water partition coefficient (Wildman–Crippen LogP) is 6.30. The Hall–Kier alpha value is -2.76. The SMILES string of the molecule is CCCNC(=O)[C@@H](Cc1ccccc1)N(Cc1ccc(Cl)cc1)C(=O)CCSc1ccc(C)cc1. The summed E-state index contributed by atoms with van der Waals surface area (Å²) in [7, 11) is 0. The first-order valence-corrected chi connectivity index (χ1v) is 13.4. The molecular weight excluding hydrogens is 476 g/mol. The topological polar surface area (TPSA) is 49.4 Å². The van der Waals surface area contributed by atoms with Crippen LogP contribution in [0.4, 0.5) is 0 Å². The average molecular weight is 509 g/mol. The van der Waals surface area contributed by atoms with Crippen LogP contribution < -0.4 is 5.32 Å². The Morgan fingerprint density at radius 1 is 0.943 bits per heavy atom. The third-order valence-corrected chi connectivity index (χ3v) is 6.96. The molecule has 4 nitrogen and oxygen atoms in total. The Morgan fingerprint density at radius 3 is 2.29 bits per heavy atom. The van der Waals surface area contributed by atoms with E-state index in [4.69, 9.17) is 11.6 Å². The van der Waals surface area contributed by atoms with E-state index in [1.165, 1.54) is 5.56 Å². The second-order valence-electron chi connectivity index (χ2n) is 8.56. The van der Waals surface area contributed by atoms with E-state index >= 15 is 0 Å². The number of hydrogen-bond donors (Lipinski definition) is 1. The monoisotopic (exact) mass is 508 g/mol. The van der Waals surface area contributed by atoms with Gasteiger partial charge in [0.15, 0.2) is 0 Å². The van der Waals surface area contributed by atoms with Crippen LogP contribution in [0.2, 0.25) is 5.02 Å². The van der Waals surface area contributed by atoms with E-state index in [9.17, 15) is 9.59 Å². The Morgan fingerprint density at radius 2 is 1.63 bits per heavy atom. The molecule has 0 radical (unpaired) electrons. The number of carbonyl (C=O) groups excluding carboxylic acids is 2. The molecule has 0 spiro atoms. The van der Waals surface area contributed by atoms with Gasteiger partial charge in [0.1, 0.15) is 6.04 Å². The molecule has 0 saturated heterocycles. The fraction of sp³-hybridized carbons (Fsp3) is 0.310. The zero-order valence-corrected chi connectivity index (χ0v) is 21.9. The number of carbonyl (C=O) groups is 2. The number of halogens is 1. The van der Waals surface area contributed by atoms with Gasteiger partial charge in [-0.3, -0.25) is 9.59 Å². The highest BCUT2D eigenvalue weighted by molar-refractivity contribution is 7.99. The molecule has 0 heterocycles. The van der Waals surface area contributed by atoms with Gasteiger partial charge in [-0.25, -0.2) is 0 Å². The van der Waals surface area contributed by atoms with Gasteiger partial charge in [0.05, 0.1) is 0 Å². The summed E-state index contributed by atoms with van der Waals surface area (Å²) in [6.45, 7) is 5.01. The van der Waals surface area contributed by atoms with E-state index in [-0.39, 0.29) is 11.8 Å². The molecule has 0 aliphatic rings. The molecule has 1 atom stereocenters. The first kappa shape index (κ1) is 26.8. The maximum Gasteiger partial charge on any atom is 0.243 e. The Kier molecular flexibility index (Phi) is 10.7. The van der Waals surface area contributed by atoms with Crippen molar-refractivity contribution in [1.82, 2.24) is 10.2 Å². The maximum atomic E-state index is 13.6. The molecule has 0 saturated carbocycles. The zero-order valence-electron chi connectivity index (χ0n) is 20.4. The molecular formula is C29H33ClN2O2S. The van der Waals surface area contributed by atoms with E-state index in [0.29, 0.717) is 36.7 Å². The van der Waals surface area contributed by atoms with Crippen LogP contribution in [-0.2, 0) is 22.6 Å². The van der Waals surface area contributed by atoms with E-state index < -0.39 is 6.04 Å². The molecule has 35 heavy (non-hydrogen) atoms. The van der Waals surface area contributed by atoms with Crippen molar-refractivity contribution in [1.29, 1.82) is 0 Å². The van der Waals surface area contributed by atoms with Gasteiger partial charge >= 0.3 is 0 Å². The third kappa shape index (κ3) is 8.75. The van der Waals surface area contributed by atoms with Crippen molar-refractivity contribution in [3.8, 4) is 0 Å². The summed E-state index contributed by atoms with van der Waals surface area (Å²) in [5.74, 6) is 0.490. The minimum Gasteiger partial charge on any atom is -0.354 e. The smallest absolute Gasteiger partial charge is 0.243 e. The van der Waals surface area contributed by atoms with Crippen molar-refractivity contribution in [2.45, 2.75) is 50.6 Å². The standard InChI is InChI=1S/C29H33ClN2O2S/c1-3-18-31-29(34)27(20-23-7-5-4-6-8-23)32(21-24-11-13-25(30)14-12-24)28(33)17-19-35-26-15-9-22(2)10-16-26/h4-16,27H,3,17-21H2,1-2H3,(H,31,34)/t27-/m1/s1. The highest BCUT2D eigenvalue weighted by Crippen LogP contribution is 2.22. The number of benzene rings is 3. The third-order valence-electron chi connectivity index (χ3n) is 5.69. The lowest BCUT2D eigenvalue weighted by atomic mass is 10.0. The minimum absolute atomic E-state index is 0.0351. The largest absolute Gasteiger partial charge is 0.354 e. The van der Waals surface area contributed by atoms with Crippen LogP contribution in [0.25, 0.3) is 0 Å². The van der Waals surface area contributed by atoms with Gasteiger partial charge in [-0.1, -0.05) is 78.7 Å². The second-order valence-corrected chi connectivity index (χ2v) is 10.2. The quantitative estimate of drug-likeness (QED) is 0.292. The number of rotatable bonds is 12. The first-order valence-electron chi connectivity index (χ1n) is 12.0. The van der Waals surface area contributed by atoms with Crippen LogP contribution in [-0.4, -0.2) is 35.1 Å². The van der Waals surface area contributed by atoms with Gasteiger partial charge in [0.2, 0.25) is 11.8 Å². The minimum atomic E-state index is -0.600. The normalized spacial score (nSPS) is 11.6. The highest BCUT2D eigenvalue weighted by atomic mass is 35.5. The van der Waals surface area contributed by atoms with Crippen molar-refractivity contribution in [2.75, 3.05) is 12.3 Å². The molecule has 3 aromatic carbocycles. The number of nitrogens with one attached hydrogen (secondary N) is 1. The summed E-state index contributed by atoms with van der Waals surface area (Å²) in [6.07, 6.45) is 1.64. The van der Waals surface area contributed by atoms with Crippen LogP contribution in [0.1, 0.15) is 36.5 Å². The van der Waals surface area contributed by atoms with Crippen molar-refractivity contribution < 1.29 is 9.59 Å². The second kappa shape index (κ2) is 14.0. The van der Waals surface area contributed by atoms with Gasteiger partial charge in [-0.05, 0) is 48.7 Å². The molecule has 0 aliphatic heterocycles. The first-order chi connectivity index (χ1) is 17.0. The van der Waals surface area contributed by atoms with Gasteiger partial charge < -0.3 is 10.2 Å². The summed E-state index contributed by atoms with van der Waals surface area (Å²) in [6, 6.07) is 25.0. The molecule has 184 valence electrons. The van der Waals surface area contributed by atoms with Crippen LogP contribution in [0.5, 0.6) is 0 Å². The fourth-order valence-electron chi connectivity index (χ4n) is 3.74. The number of amides is 2. The molecule has 0 aromatic heterocycles. The Bertz CT molecular complexity index is 1070. The molecule has 6 heteroatoms. The molecule has 0 aliphatic carbocycles. The Balaban J connectivity index is 1.81. The van der Waals surface area contributed by atoms with Crippen LogP contribution in [0.3, 0.4) is 0 Å². The maximum absolute atomic E-state index is 13.6. The lowest BCUT2D eigenvalue weighted by Crippen LogP contribution is -2.50. The van der Waals surface area contributed by atoms with E-state index in [0.717, 1.165) is 22.4 Å². The van der Waals surface area contributed by atoms with Crippen LogP contribution >= 0.6 is 23.4 Å². The summed E-state index contributed by atoms with van der Waals surface area (Å²) in [5, 5.41) is 3.65. The number of aryl methyl sites for hydroxylation is 1. The van der Waals surface area contributed by atoms with Gasteiger partial charge in [0.25, 0.3) is 0 Å². The lowest BCUT2D eigenvalue weighted by molar-refractivity contribution is -0.141. The molecule has 2 amide bonds. The molecule has 1 N–H and O–H groups in total. The summed E-state index contributed by atoms with van der Waals surface area (Å²) >= 11 is 7.73. The molecule has 0 bridgehead atoms. The Labute approximate surface area is 218 Å². The van der Waals surface area contributed by atoms with Gasteiger partial charge in [-0.15, -0.1) is 11.8 Å². The van der Waals surface area contributed by atoms with Crippen molar-refractivity contribution >= 4 is 35.2 Å². The van der Waals surface area contributed by atoms with Gasteiger partial charge in [0, 0.05) is 41.6 Å². The van der Waals surface area contributed by atoms with Crippen LogP contribution in [0.15, 0.2) is 83.8 Å². The zero-order chi connectivity index (χ0) is 25.0. The van der Waals surface area contributed by atoms with Crippen molar-refractivity contribution in [3.05, 3.63) is 101 Å². The highest BCUT2D eigenvalue weighted by Gasteiger charge is 2.30. The summed E-state index contributed by atoms with van der Waals surface area (Å²) in [5.41, 5.74) is 3.17. The summed E-state index contributed by atoms with van der Waals surface area (Å²) < 4.78 is 0. The van der Waals surface area contributed by atoms with E-state index in [2.05, 4.69) is 36.5 Å². The lowest BCUT2D eigenvalue weighted by Gasteiger charge is -2.31. The summed E-state index contributed by atoms with van der Waals surface area (Å²) in [4.78, 5) is 29.7. The fourth-order valence-corrected chi connectivity index (χ4v) is 4.71. The predicted molar refractivity (Wildman–Crippen MR) is 146 cm³/mol. The van der Waals surface area contributed by atoms with E-state index in [1.807, 2.05) is 61.5 Å². The van der Waals surface area contributed by atoms with Crippen molar-refractivity contribution in [2.24, 2.45) is 0 Å². The molecule has 0 fully saturated rings. The van der Waals surface area contributed by atoms with E-state index in [1.54, 1.807) is 16.7 Å². The molecule has 3 rings (SSSR count).